The topological polar surface area (TPSA) is 69.5 Å². The molecule has 1 amide bonds. The average Bonchev–Trinajstić information content (AvgIpc) is 3.48. The number of benzene rings is 1. The molecule has 0 spiro atoms. The zero-order chi connectivity index (χ0) is 23.8. The first-order valence-corrected chi connectivity index (χ1v) is 12.4. The Morgan fingerprint density at radius 2 is 2.00 bits per heavy atom. The molecule has 2 heterocycles. The standard InChI is InChI=1S/C25H33BrN4O3/c1-5-29(6-2)25(31)19(4)24-14-13-23(33-24)16-18(3)30-17-21(27-28-30)8-7-15-32-22-11-9-20(26)10-12-22/h9-12,17-19,23-24H,5-6,13-16H2,1-4H3/t18-,19-,23+,24-/m1/s1. The van der Waals surface area contributed by atoms with Gasteiger partial charge in [-0.1, -0.05) is 34.0 Å². The smallest absolute Gasteiger partial charge is 0.228 e. The predicted octanol–water partition coefficient (Wildman–Crippen LogP) is 4.47. The summed E-state index contributed by atoms with van der Waals surface area (Å²) < 4.78 is 14.7. The van der Waals surface area contributed by atoms with E-state index in [1.165, 1.54) is 0 Å². The lowest BCUT2D eigenvalue weighted by molar-refractivity contribution is -0.139. The Morgan fingerprint density at radius 3 is 2.70 bits per heavy atom. The molecule has 1 aliphatic rings. The van der Waals surface area contributed by atoms with Crippen molar-refractivity contribution in [2.45, 2.75) is 65.2 Å². The van der Waals surface area contributed by atoms with Gasteiger partial charge in [0.15, 0.2) is 5.69 Å². The van der Waals surface area contributed by atoms with Gasteiger partial charge in [0.1, 0.15) is 12.4 Å². The van der Waals surface area contributed by atoms with Gasteiger partial charge in [0.2, 0.25) is 5.91 Å². The van der Waals surface area contributed by atoms with Gasteiger partial charge in [0.25, 0.3) is 0 Å². The van der Waals surface area contributed by atoms with Gasteiger partial charge in [-0.2, -0.15) is 0 Å². The van der Waals surface area contributed by atoms with Crippen LogP contribution in [0.15, 0.2) is 34.9 Å². The van der Waals surface area contributed by atoms with Crippen LogP contribution in [0.3, 0.4) is 0 Å². The van der Waals surface area contributed by atoms with Crippen LogP contribution in [0.2, 0.25) is 0 Å². The molecule has 2 aromatic rings. The maximum Gasteiger partial charge on any atom is 0.228 e. The fourth-order valence-electron chi connectivity index (χ4n) is 4.07. The average molecular weight is 517 g/mol. The quantitative estimate of drug-likeness (QED) is 0.459. The Kier molecular flexibility index (Phi) is 9.33. The number of ether oxygens (including phenoxy) is 2. The van der Waals surface area contributed by atoms with Crippen LogP contribution >= 0.6 is 15.9 Å². The summed E-state index contributed by atoms with van der Waals surface area (Å²) in [6.07, 6.45) is 4.66. The van der Waals surface area contributed by atoms with E-state index < -0.39 is 0 Å². The minimum Gasteiger partial charge on any atom is -0.481 e. The third-order valence-corrected chi connectivity index (χ3v) is 6.60. The molecule has 4 atom stereocenters. The summed E-state index contributed by atoms with van der Waals surface area (Å²) in [5, 5.41) is 8.39. The van der Waals surface area contributed by atoms with Gasteiger partial charge >= 0.3 is 0 Å². The highest BCUT2D eigenvalue weighted by molar-refractivity contribution is 9.10. The molecular weight excluding hydrogens is 484 g/mol. The van der Waals surface area contributed by atoms with Gasteiger partial charge in [-0.15, -0.1) is 5.10 Å². The first-order valence-electron chi connectivity index (χ1n) is 11.6. The van der Waals surface area contributed by atoms with Gasteiger partial charge in [-0.05, 0) is 70.2 Å². The molecule has 0 N–H and O–H groups in total. The van der Waals surface area contributed by atoms with E-state index in [1.807, 2.05) is 60.8 Å². The molecule has 1 aliphatic heterocycles. The summed E-state index contributed by atoms with van der Waals surface area (Å²) in [5.41, 5.74) is 0.616. The van der Waals surface area contributed by atoms with Crippen molar-refractivity contribution in [3.63, 3.8) is 0 Å². The molecule has 1 aromatic carbocycles. The van der Waals surface area contributed by atoms with E-state index in [-0.39, 0.29) is 36.7 Å². The Labute approximate surface area is 204 Å². The Hall–Kier alpha value is -2.37. The number of rotatable bonds is 9. The van der Waals surface area contributed by atoms with Crippen molar-refractivity contribution < 1.29 is 14.3 Å². The van der Waals surface area contributed by atoms with Crippen LogP contribution in [0.25, 0.3) is 0 Å². The normalized spacial score (nSPS) is 19.4. The van der Waals surface area contributed by atoms with Crippen molar-refractivity contribution in [2.75, 3.05) is 19.7 Å². The molecule has 33 heavy (non-hydrogen) atoms. The van der Waals surface area contributed by atoms with Crippen molar-refractivity contribution in [1.82, 2.24) is 19.9 Å². The Bertz CT molecular complexity index is 962. The van der Waals surface area contributed by atoms with E-state index in [0.717, 1.165) is 42.6 Å². The second-order valence-electron chi connectivity index (χ2n) is 8.39. The molecule has 0 radical (unpaired) electrons. The van der Waals surface area contributed by atoms with Crippen LogP contribution in [-0.4, -0.2) is 57.7 Å². The number of nitrogens with zero attached hydrogens (tertiary/aromatic N) is 4. The zero-order valence-corrected chi connectivity index (χ0v) is 21.4. The van der Waals surface area contributed by atoms with Gasteiger partial charge in [-0.25, -0.2) is 4.68 Å². The van der Waals surface area contributed by atoms with Crippen molar-refractivity contribution in [3.8, 4) is 17.6 Å². The first kappa shape index (κ1) is 25.3. The maximum absolute atomic E-state index is 12.6. The summed E-state index contributed by atoms with van der Waals surface area (Å²) in [5.74, 6) is 6.82. The molecule has 0 unspecified atom stereocenters. The molecule has 3 rings (SSSR count). The summed E-state index contributed by atoms with van der Waals surface area (Å²) >= 11 is 3.40. The van der Waals surface area contributed by atoms with E-state index in [9.17, 15) is 4.79 Å². The summed E-state index contributed by atoms with van der Waals surface area (Å²) in [6, 6.07) is 7.76. The van der Waals surface area contributed by atoms with Gasteiger partial charge in [-0.3, -0.25) is 4.79 Å². The summed E-state index contributed by atoms with van der Waals surface area (Å²) in [7, 11) is 0. The molecule has 178 valence electrons. The lowest BCUT2D eigenvalue weighted by atomic mass is 9.99. The molecular formula is C25H33BrN4O3. The highest BCUT2D eigenvalue weighted by Gasteiger charge is 2.35. The molecule has 1 saturated heterocycles. The fourth-order valence-corrected chi connectivity index (χ4v) is 4.34. The highest BCUT2D eigenvalue weighted by Crippen LogP contribution is 2.31. The van der Waals surface area contributed by atoms with E-state index in [4.69, 9.17) is 9.47 Å². The number of carbonyl (C=O) groups excluding carboxylic acids is 1. The minimum atomic E-state index is -0.113. The molecule has 0 saturated carbocycles. The number of aromatic nitrogens is 3. The summed E-state index contributed by atoms with van der Waals surface area (Å²) in [4.78, 5) is 14.5. The van der Waals surface area contributed by atoms with E-state index in [0.29, 0.717) is 5.69 Å². The zero-order valence-electron chi connectivity index (χ0n) is 19.8. The number of amides is 1. The van der Waals surface area contributed by atoms with Crippen LogP contribution in [0.5, 0.6) is 5.75 Å². The number of carbonyl (C=O) groups is 1. The third kappa shape index (κ3) is 7.05. The van der Waals surface area contributed by atoms with Crippen LogP contribution in [0.4, 0.5) is 0 Å². The molecule has 8 heteroatoms. The van der Waals surface area contributed by atoms with Crippen LogP contribution in [0.1, 0.15) is 58.7 Å². The van der Waals surface area contributed by atoms with E-state index in [2.05, 4.69) is 45.0 Å². The lowest BCUT2D eigenvalue weighted by Gasteiger charge is -2.26. The second-order valence-corrected chi connectivity index (χ2v) is 9.30. The van der Waals surface area contributed by atoms with Crippen LogP contribution in [0, 0.1) is 17.8 Å². The SMILES string of the molecule is CCN(CC)C(=O)[C@H](C)[C@H]1CC[C@@H](C[C@@H](C)n2cc(C#CCOc3ccc(Br)cc3)nn2)O1. The maximum atomic E-state index is 12.6. The monoisotopic (exact) mass is 516 g/mol. The molecule has 1 aromatic heterocycles. The lowest BCUT2D eigenvalue weighted by Crippen LogP contribution is -2.39. The Balaban J connectivity index is 1.46. The van der Waals surface area contributed by atoms with E-state index >= 15 is 0 Å². The predicted molar refractivity (Wildman–Crippen MR) is 131 cm³/mol. The van der Waals surface area contributed by atoms with Crippen molar-refractivity contribution in [3.05, 3.63) is 40.6 Å². The van der Waals surface area contributed by atoms with Gasteiger partial charge in [0, 0.05) is 17.6 Å². The number of hydrogen-bond donors (Lipinski definition) is 0. The van der Waals surface area contributed by atoms with E-state index in [1.54, 1.807) is 0 Å². The van der Waals surface area contributed by atoms with Gasteiger partial charge in [0.05, 0.1) is 30.4 Å². The Morgan fingerprint density at radius 1 is 1.27 bits per heavy atom. The molecule has 7 nitrogen and oxygen atoms in total. The largest absolute Gasteiger partial charge is 0.481 e. The second kappa shape index (κ2) is 12.2. The molecule has 0 bridgehead atoms. The molecule has 1 fully saturated rings. The fraction of sp³-hybridized carbons (Fsp3) is 0.560. The number of halogens is 1. The van der Waals surface area contributed by atoms with Crippen molar-refractivity contribution in [1.29, 1.82) is 0 Å². The van der Waals surface area contributed by atoms with Crippen LogP contribution < -0.4 is 4.74 Å². The van der Waals surface area contributed by atoms with Crippen molar-refractivity contribution >= 4 is 21.8 Å². The number of hydrogen-bond acceptors (Lipinski definition) is 5. The summed E-state index contributed by atoms with van der Waals surface area (Å²) in [6.45, 7) is 9.87. The third-order valence-electron chi connectivity index (χ3n) is 6.07. The van der Waals surface area contributed by atoms with Crippen LogP contribution in [-0.2, 0) is 9.53 Å². The van der Waals surface area contributed by atoms with Crippen molar-refractivity contribution in [2.24, 2.45) is 5.92 Å². The van der Waals surface area contributed by atoms with Gasteiger partial charge < -0.3 is 14.4 Å². The minimum absolute atomic E-state index is 0.0156. The molecule has 0 aliphatic carbocycles. The first-order chi connectivity index (χ1) is 15.9. The highest BCUT2D eigenvalue weighted by atomic mass is 79.9.